The second kappa shape index (κ2) is 13.4. The molecule has 0 N–H and O–H groups in total. The van der Waals surface area contributed by atoms with Crippen molar-refractivity contribution in [3.05, 3.63) is 124 Å². The SMILES string of the molecule is CC(C)c1cc2c3c(c1)N(c1ccc4c(c1)C(C)(C)CCC4(C)C)c1c(oc4cc5c(cc14)C(C)(C)CCC5(C)C)B3c1cc(C(C)(C)C)ccc1N2c1ccc(C(C)(C)C)cc1. The van der Waals surface area contributed by atoms with E-state index in [1.165, 1.54) is 109 Å². The number of hydrogen-bond donors (Lipinski definition) is 0. The van der Waals surface area contributed by atoms with Gasteiger partial charge in [-0.2, -0.15) is 0 Å². The summed E-state index contributed by atoms with van der Waals surface area (Å²) in [6.45, 7) is 38.1. The molecule has 0 unspecified atom stereocenters. The van der Waals surface area contributed by atoms with Gasteiger partial charge in [0.25, 0.3) is 6.71 Å². The molecule has 0 saturated carbocycles. The Labute approximate surface area is 379 Å². The minimum atomic E-state index is -0.0942. The van der Waals surface area contributed by atoms with Crippen LogP contribution < -0.4 is 26.4 Å². The minimum Gasteiger partial charge on any atom is -0.468 e. The lowest BCUT2D eigenvalue weighted by Gasteiger charge is -2.45. The highest BCUT2D eigenvalue weighted by Crippen LogP contribution is 2.54. The van der Waals surface area contributed by atoms with Gasteiger partial charge >= 0.3 is 0 Å². The highest BCUT2D eigenvalue weighted by molar-refractivity contribution is 7.00. The van der Waals surface area contributed by atoms with Gasteiger partial charge in [0, 0.05) is 33.8 Å². The first kappa shape index (κ1) is 42.3. The lowest BCUT2D eigenvalue weighted by atomic mass is 9.35. The fourth-order valence-electron chi connectivity index (χ4n) is 11.7. The molecule has 0 radical (unpaired) electrons. The molecule has 2 aliphatic heterocycles. The Balaban J connectivity index is 1.35. The first-order chi connectivity index (χ1) is 29.3. The van der Waals surface area contributed by atoms with Crippen LogP contribution in [0.15, 0.2) is 89.3 Å². The zero-order valence-corrected chi connectivity index (χ0v) is 41.4. The maximum Gasteiger partial charge on any atom is 0.297 e. The number of hydrogen-bond acceptors (Lipinski definition) is 3. The Hall–Kier alpha value is -4.70. The number of fused-ring (bicyclic) bond motifs is 8. The Kier molecular flexibility index (Phi) is 9.01. The van der Waals surface area contributed by atoms with Crippen LogP contribution in [0.4, 0.5) is 34.1 Å². The van der Waals surface area contributed by atoms with E-state index in [0.717, 1.165) is 17.7 Å². The summed E-state index contributed by atoms with van der Waals surface area (Å²) in [7, 11) is 0. The van der Waals surface area contributed by atoms with Crippen molar-refractivity contribution in [1.29, 1.82) is 0 Å². The summed E-state index contributed by atoms with van der Waals surface area (Å²) < 4.78 is 7.60. The van der Waals surface area contributed by atoms with Gasteiger partial charge in [-0.3, -0.25) is 0 Å². The van der Waals surface area contributed by atoms with E-state index in [0.29, 0.717) is 5.92 Å². The van der Waals surface area contributed by atoms with Crippen molar-refractivity contribution in [3.8, 4) is 0 Å². The fraction of sp³-hybridized carbons (Fsp3) is 0.458. The third kappa shape index (κ3) is 6.41. The van der Waals surface area contributed by atoms with E-state index in [1.807, 2.05) is 0 Å². The first-order valence-electron chi connectivity index (χ1n) is 24.1. The molecule has 0 amide bonds. The molecule has 0 atom stereocenters. The second-order valence-corrected chi connectivity index (χ2v) is 25.0. The summed E-state index contributed by atoms with van der Waals surface area (Å²) in [5, 5.41) is 1.22. The van der Waals surface area contributed by atoms with Gasteiger partial charge in [-0.15, -0.1) is 0 Å². The van der Waals surface area contributed by atoms with E-state index >= 15 is 0 Å². The van der Waals surface area contributed by atoms with E-state index in [4.69, 9.17) is 4.42 Å². The van der Waals surface area contributed by atoms with Gasteiger partial charge in [-0.25, -0.2) is 0 Å². The van der Waals surface area contributed by atoms with Gasteiger partial charge in [0.15, 0.2) is 0 Å². The molecule has 1 aromatic heterocycles. The number of nitrogens with zero attached hydrogens (tertiary/aromatic N) is 2. The normalized spacial score (nSPS) is 19.1. The van der Waals surface area contributed by atoms with Crippen LogP contribution in [-0.2, 0) is 32.5 Å². The zero-order chi connectivity index (χ0) is 45.1. The molecule has 326 valence electrons. The van der Waals surface area contributed by atoms with Crippen molar-refractivity contribution in [2.75, 3.05) is 9.80 Å². The molecule has 3 nitrogen and oxygen atoms in total. The number of rotatable bonds is 3. The first-order valence-corrected chi connectivity index (χ1v) is 24.1. The van der Waals surface area contributed by atoms with Crippen molar-refractivity contribution in [3.63, 3.8) is 0 Å². The number of anilines is 6. The topological polar surface area (TPSA) is 19.6 Å². The Morgan fingerprint density at radius 3 is 1.60 bits per heavy atom. The van der Waals surface area contributed by atoms with Crippen molar-refractivity contribution in [2.24, 2.45) is 0 Å². The van der Waals surface area contributed by atoms with Crippen molar-refractivity contribution in [1.82, 2.24) is 0 Å². The Morgan fingerprint density at radius 1 is 0.524 bits per heavy atom. The molecule has 0 fully saturated rings. The highest BCUT2D eigenvalue weighted by Gasteiger charge is 2.49. The second-order valence-electron chi connectivity index (χ2n) is 25.0. The Morgan fingerprint density at radius 2 is 1.03 bits per heavy atom. The third-order valence-corrected chi connectivity index (χ3v) is 16.3. The summed E-state index contributed by atoms with van der Waals surface area (Å²) >= 11 is 0. The monoisotopic (exact) mass is 835 g/mol. The van der Waals surface area contributed by atoms with Gasteiger partial charge in [-0.1, -0.05) is 141 Å². The van der Waals surface area contributed by atoms with Crippen molar-refractivity contribution in [2.45, 2.75) is 175 Å². The molecule has 6 aromatic rings. The molecule has 0 spiro atoms. The molecule has 0 saturated heterocycles. The molecule has 2 aliphatic carbocycles. The largest absolute Gasteiger partial charge is 0.468 e. The Bertz CT molecular complexity index is 2850. The van der Waals surface area contributed by atoms with Crippen LogP contribution >= 0.6 is 0 Å². The quantitative estimate of drug-likeness (QED) is 0.165. The maximum atomic E-state index is 7.60. The average Bonchev–Trinajstić information content (AvgIpc) is 3.58. The van der Waals surface area contributed by atoms with E-state index < -0.39 is 0 Å². The van der Waals surface area contributed by atoms with Crippen LogP contribution in [0.2, 0.25) is 0 Å². The van der Waals surface area contributed by atoms with E-state index in [-0.39, 0.29) is 39.2 Å². The lowest BCUT2D eigenvalue weighted by Crippen LogP contribution is -2.61. The number of benzene rings is 5. The summed E-state index contributed by atoms with van der Waals surface area (Å²) in [4.78, 5) is 5.22. The van der Waals surface area contributed by atoms with Crippen molar-refractivity contribution >= 4 is 68.4 Å². The van der Waals surface area contributed by atoms with Crippen LogP contribution in [0.3, 0.4) is 0 Å². The predicted octanol–water partition coefficient (Wildman–Crippen LogP) is 14.9. The molecular weight excluding hydrogens is 763 g/mol. The molecule has 0 bridgehead atoms. The smallest absolute Gasteiger partial charge is 0.297 e. The summed E-state index contributed by atoms with van der Waals surface area (Å²) in [5.41, 5.74) is 22.3. The van der Waals surface area contributed by atoms with Crippen LogP contribution in [0.25, 0.3) is 11.0 Å². The van der Waals surface area contributed by atoms with Gasteiger partial charge in [0.1, 0.15) is 5.58 Å². The van der Waals surface area contributed by atoms with Crippen LogP contribution in [0.5, 0.6) is 0 Å². The standard InChI is InChI=1S/C59H71BN2O/c1-35(2)36-29-48-51-49(30-36)62(40-22-23-42-43(32-40)57(11,12)26-25-56(42,9)10)52-41-33-44-45(59(15,16)28-27-58(44,13)14)34-50(41)63-53(52)60(51)46-31-38(55(6,7)8)19-24-47(46)61(48)39-20-17-37(18-21-39)54(3,4)5/h17-24,29-35H,25-28H2,1-16H3. The molecular formula is C59H71BN2O. The summed E-state index contributed by atoms with van der Waals surface area (Å²) in [5.74, 6) is 0.322. The molecule has 63 heavy (non-hydrogen) atoms. The summed E-state index contributed by atoms with van der Waals surface area (Å²) in [6.07, 6.45) is 4.69. The van der Waals surface area contributed by atoms with E-state index in [9.17, 15) is 0 Å². The molecule has 3 heterocycles. The van der Waals surface area contributed by atoms with Crippen LogP contribution in [0, 0.1) is 0 Å². The highest BCUT2D eigenvalue weighted by atomic mass is 16.3. The van der Waals surface area contributed by atoms with Gasteiger partial charge in [0.2, 0.25) is 0 Å². The zero-order valence-electron chi connectivity index (χ0n) is 41.4. The minimum absolute atomic E-state index is 0.0316. The van der Waals surface area contributed by atoms with Gasteiger partial charge < -0.3 is 14.2 Å². The fourth-order valence-corrected chi connectivity index (χ4v) is 11.7. The van der Waals surface area contributed by atoms with E-state index in [2.05, 4.69) is 206 Å². The average molecular weight is 835 g/mol. The van der Waals surface area contributed by atoms with Crippen LogP contribution in [-0.4, -0.2) is 6.71 Å². The van der Waals surface area contributed by atoms with E-state index in [1.54, 1.807) is 0 Å². The van der Waals surface area contributed by atoms with Crippen molar-refractivity contribution < 1.29 is 4.42 Å². The number of furan rings is 1. The van der Waals surface area contributed by atoms with Gasteiger partial charge in [0.05, 0.1) is 11.3 Å². The molecule has 4 heteroatoms. The third-order valence-electron chi connectivity index (χ3n) is 16.3. The molecule has 10 rings (SSSR count). The van der Waals surface area contributed by atoms with Crippen LogP contribution in [0.1, 0.15) is 181 Å². The summed E-state index contributed by atoms with van der Waals surface area (Å²) in [6, 6.07) is 34.2. The predicted molar refractivity (Wildman–Crippen MR) is 272 cm³/mol. The molecule has 4 aliphatic rings. The molecule has 5 aromatic carbocycles. The lowest BCUT2D eigenvalue weighted by molar-refractivity contribution is 0.332. The maximum absolute atomic E-state index is 7.60. The van der Waals surface area contributed by atoms with Gasteiger partial charge in [-0.05, 0) is 169 Å².